The molecule has 0 N–H and O–H groups in total. The lowest BCUT2D eigenvalue weighted by molar-refractivity contribution is 0.239. The van der Waals surface area contributed by atoms with E-state index in [2.05, 4.69) is 13.8 Å². The van der Waals surface area contributed by atoms with Crippen molar-refractivity contribution >= 4 is 16.6 Å². The Morgan fingerprint density at radius 2 is 2.33 bits per heavy atom. The van der Waals surface area contributed by atoms with E-state index in [0.29, 0.717) is 6.10 Å². The molecule has 0 aliphatic carbocycles. The average Bonchev–Trinajstić information content (AvgIpc) is 1.65. The van der Waals surface area contributed by atoms with Crippen molar-refractivity contribution in [1.82, 2.24) is 0 Å². The summed E-state index contributed by atoms with van der Waals surface area (Å²) in [6, 6.07) is 0. The van der Waals surface area contributed by atoms with Crippen LogP contribution in [0.3, 0.4) is 0 Å². The average molecular weight is 102 g/mol. The van der Waals surface area contributed by atoms with E-state index in [-0.39, 0.29) is 0 Å². The first-order chi connectivity index (χ1) is 2.81. The molecule has 6 heavy (non-hydrogen) atoms. The van der Waals surface area contributed by atoms with E-state index in [1.54, 1.807) is 0 Å². The van der Waals surface area contributed by atoms with Crippen molar-refractivity contribution < 1.29 is 3.79 Å². The van der Waals surface area contributed by atoms with E-state index in [1.807, 2.05) is 0 Å². The van der Waals surface area contributed by atoms with Crippen LogP contribution in [0.25, 0.3) is 0 Å². The molecule has 0 aliphatic heterocycles. The summed E-state index contributed by atoms with van der Waals surface area (Å²) >= 11 is 0.882. The van der Waals surface area contributed by atoms with Gasteiger partial charge in [0.1, 0.15) is 0 Å². The van der Waals surface area contributed by atoms with Crippen molar-refractivity contribution in [3.05, 3.63) is 0 Å². The van der Waals surface area contributed by atoms with Crippen LogP contribution in [0.5, 0.6) is 0 Å². The lowest BCUT2D eigenvalue weighted by Gasteiger charge is -2.04. The summed E-state index contributed by atoms with van der Waals surface area (Å²) in [6.07, 6.45) is 1.64. The first kappa shape index (κ1) is 6.49. The smallest absolute Gasteiger partial charge is 0.410 e. The second kappa shape index (κ2) is 3.67. The molecule has 1 unspecified atom stereocenters. The summed E-state index contributed by atoms with van der Waals surface area (Å²) in [5.74, 6) is 0. The van der Waals surface area contributed by atoms with Gasteiger partial charge >= 0.3 is 16.6 Å². The fourth-order valence-corrected chi connectivity index (χ4v) is 0.500. The van der Waals surface area contributed by atoms with Gasteiger partial charge in [0.2, 0.25) is 0 Å². The first-order valence-electron chi connectivity index (χ1n) is 2.34. The maximum Gasteiger partial charge on any atom is 0.410 e. The molecule has 1 nitrogen and oxygen atoms in total. The van der Waals surface area contributed by atoms with Crippen molar-refractivity contribution in [2.24, 2.45) is 0 Å². The highest BCUT2D eigenvalue weighted by Crippen LogP contribution is 1.89. The van der Waals surface area contributed by atoms with Gasteiger partial charge in [-0.1, -0.05) is 6.92 Å². The minimum absolute atomic E-state index is 0.497. The highest BCUT2D eigenvalue weighted by Gasteiger charge is 1.87. The van der Waals surface area contributed by atoms with Gasteiger partial charge < -0.3 is 3.79 Å². The predicted molar refractivity (Wildman–Crippen MR) is 29.4 cm³/mol. The Balaban J connectivity index is 2.75. The summed E-state index contributed by atoms with van der Waals surface area (Å²) in [7, 11) is 0. The van der Waals surface area contributed by atoms with Crippen LogP contribution in [0.1, 0.15) is 20.3 Å². The minimum atomic E-state index is 0.497. The Morgan fingerprint density at radius 1 is 1.83 bits per heavy atom. The van der Waals surface area contributed by atoms with Crippen molar-refractivity contribution in [2.45, 2.75) is 26.4 Å². The van der Waals surface area contributed by atoms with E-state index in [9.17, 15) is 0 Å². The van der Waals surface area contributed by atoms with Gasteiger partial charge in [-0.05, 0) is 13.3 Å². The van der Waals surface area contributed by atoms with Gasteiger partial charge in [-0.15, -0.1) is 0 Å². The number of hydrogen-bond donors (Lipinski definition) is 0. The number of rotatable bonds is 2. The Bertz CT molecular complexity index is 26.7. The van der Waals surface area contributed by atoms with Crippen molar-refractivity contribution in [2.75, 3.05) is 0 Å². The molecule has 0 fully saturated rings. The zero-order chi connectivity index (χ0) is 4.99. The second-order valence-electron chi connectivity index (χ2n) is 1.45. The molecule has 0 aromatic carbocycles. The second-order valence-corrected chi connectivity index (χ2v) is 1.93. The van der Waals surface area contributed by atoms with Crippen LogP contribution in [-0.4, -0.2) is 22.7 Å². The van der Waals surface area contributed by atoms with Gasteiger partial charge in [-0.25, -0.2) is 0 Å². The van der Waals surface area contributed by atoms with Crippen LogP contribution >= 0.6 is 0 Å². The van der Waals surface area contributed by atoms with E-state index < -0.39 is 0 Å². The third-order valence-corrected chi connectivity index (χ3v) is 1.78. The molecule has 0 radical (unpaired) electrons. The van der Waals surface area contributed by atoms with Gasteiger partial charge in [0, 0.05) is 6.10 Å². The zero-order valence-electron chi connectivity index (χ0n) is 4.69. The van der Waals surface area contributed by atoms with Crippen molar-refractivity contribution in [1.29, 1.82) is 0 Å². The molecule has 0 spiro atoms. The molecule has 0 aliphatic rings. The lowest BCUT2D eigenvalue weighted by atomic mass is 10.3. The normalized spacial score (nSPS) is 14.3. The molecule has 0 amide bonds. The first-order valence-corrected chi connectivity index (χ1v) is 3.15. The van der Waals surface area contributed by atoms with E-state index >= 15 is 0 Å². The molecule has 0 heterocycles. The topological polar surface area (TPSA) is 9.23 Å². The quantitative estimate of drug-likeness (QED) is 0.457. The maximum atomic E-state index is 5.04. The predicted octanol–water partition coefficient (Wildman–Crippen LogP) is 0.350. The molecule has 36 valence electrons. The van der Waals surface area contributed by atoms with Crippen LogP contribution in [-0.2, 0) is 3.79 Å². The van der Waals surface area contributed by atoms with Gasteiger partial charge in [-0.3, -0.25) is 0 Å². The summed E-state index contributed by atoms with van der Waals surface area (Å²) < 4.78 is 5.04. The Hall–Kier alpha value is 0.492. The standard InChI is InChI=1S/C4H9O.Al.2H/c1-3-4(2)5;;;/h4H,3H2,1-2H3;;;/q-1;+1;;. The Labute approximate surface area is 47.4 Å². The Morgan fingerprint density at radius 3 is 2.33 bits per heavy atom. The monoisotopic (exact) mass is 102 g/mol. The van der Waals surface area contributed by atoms with Crippen molar-refractivity contribution in [3.8, 4) is 0 Å². The molecule has 0 aromatic heterocycles. The summed E-state index contributed by atoms with van der Waals surface area (Å²) in [5, 5.41) is 0. The summed E-state index contributed by atoms with van der Waals surface area (Å²) in [6.45, 7) is 4.22. The maximum absolute atomic E-state index is 5.04. The molecule has 0 aromatic rings. The Kier molecular flexibility index (Phi) is 3.98. The van der Waals surface area contributed by atoms with Gasteiger partial charge in [0.25, 0.3) is 0 Å². The van der Waals surface area contributed by atoms with E-state index in [4.69, 9.17) is 3.79 Å². The fraction of sp³-hybridized carbons (Fsp3) is 1.00. The minimum Gasteiger partial charge on any atom is -0.504 e. The van der Waals surface area contributed by atoms with E-state index in [0.717, 1.165) is 23.0 Å². The van der Waals surface area contributed by atoms with Crippen molar-refractivity contribution in [3.63, 3.8) is 0 Å². The molecule has 0 saturated carbocycles. The molecule has 0 bridgehead atoms. The van der Waals surface area contributed by atoms with Crippen LogP contribution in [0.4, 0.5) is 0 Å². The fourth-order valence-electron chi connectivity index (χ4n) is 0.167. The van der Waals surface area contributed by atoms with E-state index in [1.165, 1.54) is 0 Å². The van der Waals surface area contributed by atoms with Crippen LogP contribution in [0.2, 0.25) is 0 Å². The zero-order valence-corrected chi connectivity index (χ0v) is 6.69. The van der Waals surface area contributed by atoms with Crippen LogP contribution in [0.15, 0.2) is 0 Å². The molecule has 2 heteroatoms. The highest BCUT2D eigenvalue weighted by molar-refractivity contribution is 5.98. The van der Waals surface area contributed by atoms with Crippen LogP contribution < -0.4 is 0 Å². The summed E-state index contributed by atoms with van der Waals surface area (Å²) in [5.41, 5.74) is 0. The third kappa shape index (κ3) is 2.72. The third-order valence-electron chi connectivity index (χ3n) is 0.977. The lowest BCUT2D eigenvalue weighted by Crippen LogP contribution is -2.01. The molecular weight excluding hydrogens is 91.0 g/mol. The molecule has 0 saturated heterocycles. The molecule has 1 atom stereocenters. The largest absolute Gasteiger partial charge is 0.504 e. The van der Waals surface area contributed by atoms with Gasteiger partial charge in [-0.2, -0.15) is 0 Å². The molecular formula is C4H11AlO. The SMILES string of the molecule is CCC(C)[O][AlH2]. The van der Waals surface area contributed by atoms with Crippen LogP contribution in [0, 0.1) is 0 Å². The molecule has 0 rings (SSSR count). The number of hydrogen-bond acceptors (Lipinski definition) is 1. The highest BCUT2D eigenvalue weighted by atomic mass is 27.1. The van der Waals surface area contributed by atoms with Gasteiger partial charge in [0.15, 0.2) is 0 Å². The van der Waals surface area contributed by atoms with Gasteiger partial charge in [0.05, 0.1) is 0 Å². The summed E-state index contributed by atoms with van der Waals surface area (Å²) in [4.78, 5) is 0.